The first-order chi connectivity index (χ1) is 5.18. The molecule has 2 aliphatic rings. The molecule has 0 aromatic heterocycles. The van der Waals surface area contributed by atoms with E-state index in [0.29, 0.717) is 0 Å². The number of nitrogens with one attached hydrogen (secondary N) is 2. The summed E-state index contributed by atoms with van der Waals surface area (Å²) < 4.78 is 0. The molecule has 2 N–H and O–H groups in total. The lowest BCUT2D eigenvalue weighted by atomic mass is 10.0. The summed E-state index contributed by atoms with van der Waals surface area (Å²) in [6.07, 6.45) is 0.141. The van der Waals surface area contributed by atoms with Crippen molar-refractivity contribution in [3.05, 3.63) is 0 Å². The van der Waals surface area contributed by atoms with Gasteiger partial charge in [-0.3, -0.25) is 19.7 Å². The summed E-state index contributed by atoms with van der Waals surface area (Å²) in [6.45, 7) is 0. The van der Waals surface area contributed by atoms with Crippen molar-refractivity contribution >= 4 is 17.7 Å². The first kappa shape index (κ1) is 6.33. The maximum Gasteiger partial charge on any atom is 0.249 e. The Morgan fingerprint density at radius 2 is 1.91 bits per heavy atom. The second-order valence-electron chi connectivity index (χ2n) is 2.71. The minimum atomic E-state index is -0.602. The van der Waals surface area contributed by atoms with Crippen LogP contribution in [0.15, 0.2) is 0 Å². The van der Waals surface area contributed by atoms with E-state index >= 15 is 0 Å². The van der Waals surface area contributed by atoms with Crippen LogP contribution in [0, 0.1) is 5.92 Å². The molecule has 0 aromatic rings. The molecule has 2 saturated heterocycles. The maximum atomic E-state index is 10.9. The number of rotatable bonds is 0. The first-order valence-corrected chi connectivity index (χ1v) is 3.32. The van der Waals surface area contributed by atoms with E-state index < -0.39 is 12.0 Å². The monoisotopic (exact) mass is 154 g/mol. The Kier molecular flexibility index (Phi) is 1.04. The van der Waals surface area contributed by atoms with E-state index in [4.69, 9.17) is 0 Å². The molecule has 11 heavy (non-hydrogen) atoms. The van der Waals surface area contributed by atoms with Gasteiger partial charge in [-0.15, -0.1) is 0 Å². The van der Waals surface area contributed by atoms with Crippen LogP contribution in [0.2, 0.25) is 0 Å². The number of fused-ring (bicyclic) bond motifs is 1. The van der Waals surface area contributed by atoms with Gasteiger partial charge in [0, 0.05) is 6.42 Å². The van der Waals surface area contributed by atoms with Gasteiger partial charge in [0.2, 0.25) is 17.7 Å². The molecular formula is C6H6N2O3. The van der Waals surface area contributed by atoms with Crippen molar-refractivity contribution in [3.8, 4) is 0 Å². The molecule has 2 atom stereocenters. The molecule has 2 heterocycles. The van der Waals surface area contributed by atoms with Crippen molar-refractivity contribution in [1.29, 1.82) is 0 Å². The van der Waals surface area contributed by atoms with Crippen LogP contribution in [-0.4, -0.2) is 23.8 Å². The molecule has 2 rings (SSSR count). The van der Waals surface area contributed by atoms with Crippen LogP contribution in [0.4, 0.5) is 0 Å². The molecule has 0 aromatic carbocycles. The molecule has 5 heteroatoms. The third kappa shape index (κ3) is 0.736. The Labute approximate surface area is 62.1 Å². The number of carbonyl (C=O) groups is 3. The third-order valence-corrected chi connectivity index (χ3v) is 1.99. The van der Waals surface area contributed by atoms with E-state index in [9.17, 15) is 14.4 Å². The SMILES string of the molecule is O=C1C[C@H]2C(=O)NC(=O)[C@H]2N1. The lowest BCUT2D eigenvalue weighted by molar-refractivity contribution is -0.129. The van der Waals surface area contributed by atoms with Crippen molar-refractivity contribution in [1.82, 2.24) is 10.6 Å². The Morgan fingerprint density at radius 3 is 2.55 bits per heavy atom. The lowest BCUT2D eigenvalue weighted by Gasteiger charge is -1.99. The summed E-state index contributed by atoms with van der Waals surface area (Å²) >= 11 is 0. The topological polar surface area (TPSA) is 75.3 Å². The van der Waals surface area contributed by atoms with E-state index in [-0.39, 0.29) is 24.1 Å². The van der Waals surface area contributed by atoms with E-state index in [1.165, 1.54) is 0 Å². The zero-order valence-corrected chi connectivity index (χ0v) is 5.59. The van der Waals surface area contributed by atoms with Gasteiger partial charge in [0.1, 0.15) is 6.04 Å². The molecule has 2 aliphatic heterocycles. The Bertz CT molecular complexity index is 237. The predicted molar refractivity (Wildman–Crippen MR) is 33.2 cm³/mol. The second kappa shape index (κ2) is 1.81. The van der Waals surface area contributed by atoms with Crippen LogP contribution in [0.5, 0.6) is 0 Å². The molecule has 58 valence electrons. The van der Waals surface area contributed by atoms with Crippen molar-refractivity contribution in [2.24, 2.45) is 5.92 Å². The fraction of sp³-hybridized carbons (Fsp3) is 0.500. The quantitative estimate of drug-likeness (QED) is 0.402. The normalized spacial score (nSPS) is 35.1. The molecule has 0 unspecified atom stereocenters. The van der Waals surface area contributed by atoms with Gasteiger partial charge in [-0.1, -0.05) is 0 Å². The van der Waals surface area contributed by atoms with Gasteiger partial charge >= 0.3 is 0 Å². The summed E-state index contributed by atoms with van der Waals surface area (Å²) in [5.41, 5.74) is 0. The average Bonchev–Trinajstić information content (AvgIpc) is 2.38. The summed E-state index contributed by atoms with van der Waals surface area (Å²) in [6, 6.07) is -0.602. The number of hydrogen-bond acceptors (Lipinski definition) is 3. The maximum absolute atomic E-state index is 10.9. The number of amides is 3. The van der Waals surface area contributed by atoms with Crippen LogP contribution in [0.3, 0.4) is 0 Å². The van der Waals surface area contributed by atoms with Crippen molar-refractivity contribution in [2.75, 3.05) is 0 Å². The van der Waals surface area contributed by atoms with E-state index in [1.807, 2.05) is 0 Å². The standard InChI is InChI=1S/C6H6N2O3/c9-3-1-2-4(7-3)6(11)8-5(2)10/h2,4H,1H2,(H,7,9)(H,8,10,11)/t2-,4+/m1/s1. The van der Waals surface area contributed by atoms with Crippen molar-refractivity contribution in [2.45, 2.75) is 12.5 Å². The molecule has 0 radical (unpaired) electrons. The van der Waals surface area contributed by atoms with Gasteiger partial charge in [-0.25, -0.2) is 0 Å². The highest BCUT2D eigenvalue weighted by atomic mass is 16.2. The summed E-state index contributed by atoms with van der Waals surface area (Å²) in [5, 5.41) is 4.57. The summed E-state index contributed by atoms with van der Waals surface area (Å²) in [4.78, 5) is 32.5. The molecule has 0 spiro atoms. The molecule has 2 fully saturated rings. The molecular weight excluding hydrogens is 148 g/mol. The van der Waals surface area contributed by atoms with Crippen LogP contribution >= 0.6 is 0 Å². The highest BCUT2D eigenvalue weighted by Crippen LogP contribution is 2.21. The Morgan fingerprint density at radius 1 is 1.18 bits per heavy atom. The molecule has 0 bridgehead atoms. The number of imide groups is 1. The summed E-state index contributed by atoms with van der Waals surface area (Å²) in [7, 11) is 0. The third-order valence-electron chi connectivity index (χ3n) is 1.99. The first-order valence-electron chi connectivity index (χ1n) is 3.32. The highest BCUT2D eigenvalue weighted by molar-refractivity contribution is 6.11. The van der Waals surface area contributed by atoms with Crippen LogP contribution < -0.4 is 10.6 Å². The predicted octanol–water partition coefficient (Wildman–Crippen LogP) is -1.85. The minimum absolute atomic E-state index is 0.141. The Balaban J connectivity index is 2.29. The van der Waals surface area contributed by atoms with Crippen LogP contribution in [-0.2, 0) is 14.4 Å². The Hall–Kier alpha value is -1.39. The van der Waals surface area contributed by atoms with Gasteiger partial charge in [0.25, 0.3) is 0 Å². The second-order valence-corrected chi connectivity index (χ2v) is 2.71. The molecule has 0 aliphatic carbocycles. The minimum Gasteiger partial charge on any atom is -0.343 e. The molecule has 5 nitrogen and oxygen atoms in total. The van der Waals surface area contributed by atoms with E-state index in [1.54, 1.807) is 0 Å². The van der Waals surface area contributed by atoms with Crippen LogP contribution in [0.25, 0.3) is 0 Å². The fourth-order valence-corrected chi connectivity index (χ4v) is 1.43. The average molecular weight is 154 g/mol. The van der Waals surface area contributed by atoms with Crippen molar-refractivity contribution in [3.63, 3.8) is 0 Å². The zero-order chi connectivity index (χ0) is 8.01. The molecule has 0 saturated carbocycles. The van der Waals surface area contributed by atoms with E-state index in [0.717, 1.165) is 0 Å². The fourth-order valence-electron chi connectivity index (χ4n) is 1.43. The lowest BCUT2D eigenvalue weighted by Crippen LogP contribution is -2.36. The van der Waals surface area contributed by atoms with Gasteiger partial charge in [0.05, 0.1) is 5.92 Å². The number of carbonyl (C=O) groups excluding carboxylic acids is 3. The van der Waals surface area contributed by atoms with E-state index in [2.05, 4.69) is 10.6 Å². The van der Waals surface area contributed by atoms with Gasteiger partial charge in [-0.2, -0.15) is 0 Å². The van der Waals surface area contributed by atoms with Gasteiger partial charge in [-0.05, 0) is 0 Å². The van der Waals surface area contributed by atoms with Gasteiger partial charge < -0.3 is 5.32 Å². The highest BCUT2D eigenvalue weighted by Gasteiger charge is 2.47. The molecule has 3 amide bonds. The summed E-state index contributed by atoms with van der Waals surface area (Å²) in [5.74, 6) is -1.40. The van der Waals surface area contributed by atoms with Gasteiger partial charge in [0.15, 0.2) is 0 Å². The largest absolute Gasteiger partial charge is 0.343 e. The van der Waals surface area contributed by atoms with Crippen LogP contribution in [0.1, 0.15) is 6.42 Å². The van der Waals surface area contributed by atoms with Crippen molar-refractivity contribution < 1.29 is 14.4 Å². The number of hydrogen-bond donors (Lipinski definition) is 2. The zero-order valence-electron chi connectivity index (χ0n) is 5.59. The smallest absolute Gasteiger partial charge is 0.249 e.